The number of H-pyrrole nitrogens is 1. The Balaban J connectivity index is 1.34. The number of hydrogen-bond acceptors (Lipinski definition) is 5. The molecule has 0 radical (unpaired) electrons. The van der Waals surface area contributed by atoms with Crippen LogP contribution in [0.2, 0.25) is 5.02 Å². The van der Waals surface area contributed by atoms with Crippen LogP contribution < -0.4 is 14.9 Å². The number of nitrogens with one attached hydrogen (secondary N) is 2. The first-order chi connectivity index (χ1) is 16.6. The van der Waals surface area contributed by atoms with Crippen molar-refractivity contribution in [3.63, 3.8) is 0 Å². The largest absolute Gasteiger partial charge is 0.493 e. The molecule has 0 aliphatic rings. The van der Waals surface area contributed by atoms with Gasteiger partial charge in [0.05, 0.1) is 18.5 Å². The second-order valence-electron chi connectivity index (χ2n) is 7.28. The molecule has 4 rings (SSSR count). The fourth-order valence-electron chi connectivity index (χ4n) is 3.15. The lowest BCUT2D eigenvalue weighted by Gasteiger charge is -2.07. The van der Waals surface area contributed by atoms with E-state index in [0.717, 1.165) is 22.4 Å². The molecule has 0 fully saturated rings. The van der Waals surface area contributed by atoms with Gasteiger partial charge in [-0.1, -0.05) is 35.9 Å². The fraction of sp³-hybridized carbons (Fsp3) is 0.115. The van der Waals surface area contributed by atoms with Crippen LogP contribution in [0.4, 0.5) is 0 Å². The normalized spacial score (nSPS) is 10.9. The second-order valence-corrected chi connectivity index (χ2v) is 7.71. The standard InChI is InChI=1S/C26H23ClN4O3/c1-2-33-25-6-4-3-5-20(25)16-28-31-26(32)24-15-23(29-30-24)19-9-13-22(14-10-19)34-17-18-7-11-21(27)12-8-18/h3-16H,2,17H2,1H3,(H,29,30)(H,31,32)/b28-16-. The van der Waals surface area contributed by atoms with E-state index >= 15 is 0 Å². The van der Waals surface area contributed by atoms with Crippen LogP contribution in [-0.4, -0.2) is 28.9 Å². The Labute approximate surface area is 202 Å². The van der Waals surface area contributed by atoms with Crippen LogP contribution in [0.1, 0.15) is 28.5 Å². The third-order valence-electron chi connectivity index (χ3n) is 4.88. The number of aromatic amines is 1. The number of hydrogen-bond donors (Lipinski definition) is 2. The summed E-state index contributed by atoms with van der Waals surface area (Å²) < 4.78 is 11.4. The topological polar surface area (TPSA) is 88.6 Å². The molecule has 0 spiro atoms. The molecule has 172 valence electrons. The number of nitrogens with zero attached hydrogens (tertiary/aromatic N) is 2. The monoisotopic (exact) mass is 474 g/mol. The van der Waals surface area contributed by atoms with Crippen LogP contribution >= 0.6 is 11.6 Å². The number of amides is 1. The minimum atomic E-state index is -0.396. The maximum Gasteiger partial charge on any atom is 0.289 e. The van der Waals surface area contributed by atoms with Crippen LogP contribution in [0.5, 0.6) is 11.5 Å². The van der Waals surface area contributed by atoms with E-state index in [1.807, 2.05) is 79.7 Å². The summed E-state index contributed by atoms with van der Waals surface area (Å²) in [5.74, 6) is 1.04. The zero-order valence-electron chi connectivity index (χ0n) is 18.5. The number of halogens is 1. The lowest BCUT2D eigenvalue weighted by Crippen LogP contribution is -2.18. The SMILES string of the molecule is CCOc1ccccc1/C=N\NC(=O)c1cc(-c2ccc(OCc3ccc(Cl)cc3)cc2)n[nH]1. The summed E-state index contributed by atoms with van der Waals surface area (Å²) in [6.45, 7) is 2.90. The number of carbonyl (C=O) groups excluding carboxylic acids is 1. The average Bonchev–Trinajstić information content (AvgIpc) is 3.36. The van der Waals surface area contributed by atoms with Gasteiger partial charge >= 0.3 is 0 Å². The first kappa shape index (κ1) is 23.1. The molecule has 3 aromatic carbocycles. The van der Waals surface area contributed by atoms with Gasteiger partial charge in [0.25, 0.3) is 5.91 Å². The number of carbonyl (C=O) groups is 1. The molecule has 1 aromatic heterocycles. The molecule has 1 heterocycles. The van der Waals surface area contributed by atoms with Gasteiger partial charge in [0, 0.05) is 16.1 Å². The minimum absolute atomic E-state index is 0.299. The van der Waals surface area contributed by atoms with Gasteiger partial charge in [-0.3, -0.25) is 9.89 Å². The molecule has 4 aromatic rings. The van der Waals surface area contributed by atoms with Crippen molar-refractivity contribution in [2.24, 2.45) is 5.10 Å². The Morgan fingerprint density at radius 3 is 2.59 bits per heavy atom. The van der Waals surface area contributed by atoms with Crippen LogP contribution in [0.3, 0.4) is 0 Å². The van der Waals surface area contributed by atoms with Gasteiger partial charge in [0.2, 0.25) is 0 Å². The first-order valence-corrected chi connectivity index (χ1v) is 11.1. The van der Waals surface area contributed by atoms with Gasteiger partial charge in [-0.15, -0.1) is 0 Å². The van der Waals surface area contributed by atoms with Crippen LogP contribution in [-0.2, 0) is 6.61 Å². The molecule has 0 aliphatic heterocycles. The van der Waals surface area contributed by atoms with Crippen molar-refractivity contribution in [2.75, 3.05) is 6.61 Å². The number of para-hydroxylation sites is 1. The lowest BCUT2D eigenvalue weighted by molar-refractivity contribution is 0.0950. The van der Waals surface area contributed by atoms with E-state index < -0.39 is 5.91 Å². The van der Waals surface area contributed by atoms with Gasteiger partial charge in [0.15, 0.2) is 0 Å². The van der Waals surface area contributed by atoms with Crippen molar-refractivity contribution < 1.29 is 14.3 Å². The molecular formula is C26H23ClN4O3. The zero-order chi connectivity index (χ0) is 23.8. The van der Waals surface area contributed by atoms with Crippen LogP contribution in [0, 0.1) is 0 Å². The summed E-state index contributed by atoms with van der Waals surface area (Å²) in [4.78, 5) is 12.4. The van der Waals surface area contributed by atoms with E-state index in [1.165, 1.54) is 0 Å². The summed E-state index contributed by atoms with van der Waals surface area (Å²) in [7, 11) is 0. The molecule has 0 saturated carbocycles. The summed E-state index contributed by atoms with van der Waals surface area (Å²) in [6, 6.07) is 24.1. The van der Waals surface area contributed by atoms with E-state index in [9.17, 15) is 4.79 Å². The van der Waals surface area contributed by atoms with E-state index in [-0.39, 0.29) is 0 Å². The molecule has 0 bridgehead atoms. The van der Waals surface area contributed by atoms with Crippen LogP contribution in [0.25, 0.3) is 11.3 Å². The number of rotatable bonds is 9. The van der Waals surface area contributed by atoms with Crippen molar-refractivity contribution in [1.29, 1.82) is 0 Å². The zero-order valence-corrected chi connectivity index (χ0v) is 19.3. The minimum Gasteiger partial charge on any atom is -0.493 e. The van der Waals surface area contributed by atoms with E-state index in [0.29, 0.717) is 35.4 Å². The molecular weight excluding hydrogens is 452 g/mol. The summed E-state index contributed by atoms with van der Waals surface area (Å²) in [5.41, 5.74) is 6.09. The Morgan fingerprint density at radius 1 is 1.06 bits per heavy atom. The molecule has 0 unspecified atom stereocenters. The molecule has 0 atom stereocenters. The highest BCUT2D eigenvalue weighted by Crippen LogP contribution is 2.22. The van der Waals surface area contributed by atoms with Crippen molar-refractivity contribution in [2.45, 2.75) is 13.5 Å². The summed E-state index contributed by atoms with van der Waals surface area (Å²) in [5, 5.41) is 11.7. The Morgan fingerprint density at radius 2 is 1.82 bits per heavy atom. The van der Waals surface area contributed by atoms with Gasteiger partial charge in [-0.05, 0) is 67.1 Å². The Hall–Kier alpha value is -4.10. The molecule has 34 heavy (non-hydrogen) atoms. The van der Waals surface area contributed by atoms with Crippen LogP contribution in [0.15, 0.2) is 84.0 Å². The highest BCUT2D eigenvalue weighted by molar-refractivity contribution is 6.30. The van der Waals surface area contributed by atoms with Gasteiger partial charge in [0.1, 0.15) is 23.8 Å². The number of ether oxygens (including phenoxy) is 2. The fourth-order valence-corrected chi connectivity index (χ4v) is 3.28. The first-order valence-electron chi connectivity index (χ1n) is 10.7. The maximum absolute atomic E-state index is 12.4. The molecule has 1 amide bonds. The number of benzene rings is 3. The molecule has 7 nitrogen and oxygen atoms in total. The highest BCUT2D eigenvalue weighted by atomic mass is 35.5. The van der Waals surface area contributed by atoms with E-state index in [2.05, 4.69) is 20.7 Å². The number of aromatic nitrogens is 2. The second kappa shape index (κ2) is 11.2. The quantitative estimate of drug-likeness (QED) is 0.248. The predicted octanol–water partition coefficient (Wildman–Crippen LogP) is 5.47. The van der Waals surface area contributed by atoms with E-state index in [1.54, 1.807) is 12.3 Å². The van der Waals surface area contributed by atoms with E-state index in [4.69, 9.17) is 21.1 Å². The maximum atomic E-state index is 12.4. The smallest absolute Gasteiger partial charge is 0.289 e. The van der Waals surface area contributed by atoms with Crippen molar-refractivity contribution in [3.05, 3.63) is 101 Å². The van der Waals surface area contributed by atoms with Crippen molar-refractivity contribution >= 4 is 23.7 Å². The summed E-state index contributed by atoms with van der Waals surface area (Å²) >= 11 is 5.91. The van der Waals surface area contributed by atoms with Crippen molar-refractivity contribution in [3.8, 4) is 22.8 Å². The molecule has 0 aliphatic carbocycles. The van der Waals surface area contributed by atoms with Gasteiger partial charge in [-0.2, -0.15) is 10.2 Å². The third kappa shape index (κ3) is 6.02. The lowest BCUT2D eigenvalue weighted by atomic mass is 10.1. The molecule has 8 heteroatoms. The predicted molar refractivity (Wildman–Crippen MR) is 132 cm³/mol. The summed E-state index contributed by atoms with van der Waals surface area (Å²) in [6.07, 6.45) is 1.54. The van der Waals surface area contributed by atoms with Crippen molar-refractivity contribution in [1.82, 2.24) is 15.6 Å². The van der Waals surface area contributed by atoms with Gasteiger partial charge in [-0.25, -0.2) is 5.43 Å². The third-order valence-corrected chi connectivity index (χ3v) is 5.13. The Kier molecular flexibility index (Phi) is 7.57. The Bertz CT molecular complexity index is 1270. The highest BCUT2D eigenvalue weighted by Gasteiger charge is 2.11. The molecule has 2 N–H and O–H groups in total. The number of hydrazone groups is 1. The average molecular weight is 475 g/mol. The van der Waals surface area contributed by atoms with Gasteiger partial charge < -0.3 is 9.47 Å². The molecule has 0 saturated heterocycles.